The van der Waals surface area contributed by atoms with Crippen molar-refractivity contribution in [1.82, 2.24) is 14.7 Å². The van der Waals surface area contributed by atoms with Crippen molar-refractivity contribution in [3.63, 3.8) is 0 Å². The molecule has 9 heteroatoms. The minimum absolute atomic E-state index is 0.0210. The van der Waals surface area contributed by atoms with Crippen molar-refractivity contribution >= 4 is 23.5 Å². The molecule has 2 heterocycles. The van der Waals surface area contributed by atoms with Gasteiger partial charge in [0.15, 0.2) is 0 Å². The van der Waals surface area contributed by atoms with Gasteiger partial charge in [0.05, 0.1) is 17.1 Å². The van der Waals surface area contributed by atoms with Crippen LogP contribution in [0.2, 0.25) is 0 Å². The highest BCUT2D eigenvalue weighted by molar-refractivity contribution is 6.00. The summed E-state index contributed by atoms with van der Waals surface area (Å²) in [5.41, 5.74) is -0.620. The summed E-state index contributed by atoms with van der Waals surface area (Å²) in [6.07, 6.45) is -0.0252. The van der Waals surface area contributed by atoms with Crippen molar-refractivity contribution in [3.05, 3.63) is 29.8 Å². The van der Waals surface area contributed by atoms with Crippen LogP contribution in [-0.4, -0.2) is 78.4 Å². The van der Waals surface area contributed by atoms with E-state index in [-0.39, 0.29) is 36.5 Å². The van der Waals surface area contributed by atoms with E-state index in [1.165, 1.54) is 15.9 Å². The second-order valence-electron chi connectivity index (χ2n) is 8.40. The van der Waals surface area contributed by atoms with Crippen LogP contribution in [-0.2, 0) is 9.59 Å². The van der Waals surface area contributed by atoms with Gasteiger partial charge in [-0.15, -0.1) is 0 Å². The second-order valence-corrected chi connectivity index (χ2v) is 8.40. The first-order chi connectivity index (χ1) is 13.5. The molecule has 1 atom stereocenters. The van der Waals surface area contributed by atoms with E-state index in [2.05, 4.69) is 0 Å². The molecule has 0 N–H and O–H groups in total. The molecule has 0 unspecified atom stereocenters. The zero-order chi connectivity index (χ0) is 21.5. The van der Waals surface area contributed by atoms with E-state index in [4.69, 9.17) is 0 Å². The monoisotopic (exact) mass is 408 g/mol. The largest absolute Gasteiger partial charge is 0.334 e. The summed E-state index contributed by atoms with van der Waals surface area (Å²) in [4.78, 5) is 43.9. The van der Waals surface area contributed by atoms with E-state index < -0.39 is 23.1 Å². The Morgan fingerprint density at radius 3 is 2.45 bits per heavy atom. The summed E-state index contributed by atoms with van der Waals surface area (Å²) in [5, 5.41) is 0. The SMILES string of the molecule is CN(C)C(=O)N1CCN(C(=O)[C@H]2CC(=O)N(c3ccc(F)cc3F)C2)C(C)(C)C1. The van der Waals surface area contributed by atoms with Crippen LogP contribution in [0, 0.1) is 17.6 Å². The molecule has 0 saturated carbocycles. The number of hydrogen-bond acceptors (Lipinski definition) is 3. The molecule has 158 valence electrons. The summed E-state index contributed by atoms with van der Waals surface area (Å²) in [6.45, 7) is 4.96. The first-order valence-corrected chi connectivity index (χ1v) is 9.54. The van der Waals surface area contributed by atoms with E-state index in [9.17, 15) is 23.2 Å². The van der Waals surface area contributed by atoms with E-state index >= 15 is 0 Å². The molecule has 1 aromatic carbocycles. The molecule has 0 aromatic heterocycles. The van der Waals surface area contributed by atoms with E-state index in [1.807, 2.05) is 13.8 Å². The topological polar surface area (TPSA) is 64.2 Å². The Bertz CT molecular complexity index is 843. The molecule has 1 aromatic rings. The maximum atomic E-state index is 14.1. The number of piperazine rings is 1. The van der Waals surface area contributed by atoms with Gasteiger partial charge in [0, 0.05) is 52.8 Å². The summed E-state index contributed by atoms with van der Waals surface area (Å²) in [5.74, 6) is -2.72. The van der Waals surface area contributed by atoms with Gasteiger partial charge in [-0.2, -0.15) is 0 Å². The molecule has 0 radical (unpaired) electrons. The third-order valence-corrected chi connectivity index (χ3v) is 5.50. The minimum Gasteiger partial charge on any atom is -0.334 e. The number of amides is 4. The standard InChI is InChI=1S/C20H26F2N4O3/c1-20(2)12-24(19(29)23(3)4)7-8-26(20)18(28)13-9-17(27)25(11-13)16-6-5-14(21)10-15(16)22/h5-6,10,13H,7-9,11-12H2,1-4H3/t13-/m0/s1. The average molecular weight is 408 g/mol. The lowest BCUT2D eigenvalue weighted by molar-refractivity contribution is -0.144. The van der Waals surface area contributed by atoms with Crippen LogP contribution in [0.25, 0.3) is 0 Å². The van der Waals surface area contributed by atoms with E-state index in [1.54, 1.807) is 23.9 Å². The van der Waals surface area contributed by atoms with Gasteiger partial charge in [0.1, 0.15) is 11.6 Å². The lowest BCUT2D eigenvalue weighted by Crippen LogP contribution is -2.64. The number of anilines is 1. The zero-order valence-electron chi connectivity index (χ0n) is 17.1. The normalized spacial score (nSPS) is 21.5. The lowest BCUT2D eigenvalue weighted by atomic mass is 9.95. The molecule has 2 saturated heterocycles. The molecule has 0 spiro atoms. The van der Waals surface area contributed by atoms with Crippen LogP contribution >= 0.6 is 0 Å². The molecule has 2 aliphatic heterocycles. The number of rotatable bonds is 2. The number of carbonyl (C=O) groups is 3. The van der Waals surface area contributed by atoms with Gasteiger partial charge in [-0.25, -0.2) is 13.6 Å². The Labute approximate surface area is 168 Å². The van der Waals surface area contributed by atoms with Crippen LogP contribution in [0.4, 0.5) is 19.3 Å². The molecule has 3 rings (SSSR count). The second kappa shape index (κ2) is 7.61. The summed E-state index contributed by atoms with van der Waals surface area (Å²) in [7, 11) is 3.36. The zero-order valence-corrected chi connectivity index (χ0v) is 17.1. The van der Waals surface area contributed by atoms with Crippen molar-refractivity contribution in [2.45, 2.75) is 25.8 Å². The molecular weight excluding hydrogens is 382 g/mol. The average Bonchev–Trinajstić information content (AvgIpc) is 3.01. The quantitative estimate of drug-likeness (QED) is 0.751. The molecular formula is C20H26F2N4O3. The fraction of sp³-hybridized carbons (Fsp3) is 0.550. The Hall–Kier alpha value is -2.71. The Balaban J connectivity index is 1.72. The van der Waals surface area contributed by atoms with Gasteiger partial charge < -0.3 is 19.6 Å². The molecule has 4 amide bonds. The highest BCUT2D eigenvalue weighted by Gasteiger charge is 2.44. The predicted molar refractivity (Wildman–Crippen MR) is 103 cm³/mol. The van der Waals surface area contributed by atoms with Crippen molar-refractivity contribution in [2.75, 3.05) is 45.2 Å². The van der Waals surface area contributed by atoms with Crippen LogP contribution in [0.3, 0.4) is 0 Å². The van der Waals surface area contributed by atoms with Crippen LogP contribution < -0.4 is 4.90 Å². The van der Waals surface area contributed by atoms with Crippen LogP contribution in [0.15, 0.2) is 18.2 Å². The summed E-state index contributed by atoms with van der Waals surface area (Å²) in [6, 6.07) is 2.91. The van der Waals surface area contributed by atoms with E-state index in [0.29, 0.717) is 19.6 Å². The predicted octanol–water partition coefficient (Wildman–Crippen LogP) is 1.92. The number of halogens is 2. The highest BCUT2D eigenvalue weighted by Crippen LogP contribution is 2.31. The maximum Gasteiger partial charge on any atom is 0.319 e. The minimum atomic E-state index is -0.831. The smallest absolute Gasteiger partial charge is 0.319 e. The molecule has 29 heavy (non-hydrogen) atoms. The maximum absolute atomic E-state index is 14.1. The van der Waals surface area contributed by atoms with Crippen molar-refractivity contribution in [3.8, 4) is 0 Å². The molecule has 0 aliphatic carbocycles. The highest BCUT2D eigenvalue weighted by atomic mass is 19.1. The molecule has 2 fully saturated rings. The Kier molecular flexibility index (Phi) is 5.51. The number of carbonyl (C=O) groups excluding carboxylic acids is 3. The van der Waals surface area contributed by atoms with Crippen molar-refractivity contribution in [1.29, 1.82) is 0 Å². The number of hydrogen-bond donors (Lipinski definition) is 0. The van der Waals surface area contributed by atoms with Gasteiger partial charge in [0.25, 0.3) is 0 Å². The van der Waals surface area contributed by atoms with Crippen LogP contribution in [0.1, 0.15) is 20.3 Å². The summed E-state index contributed by atoms with van der Waals surface area (Å²) >= 11 is 0. The van der Waals surface area contributed by atoms with Gasteiger partial charge in [-0.3, -0.25) is 9.59 Å². The van der Waals surface area contributed by atoms with Crippen molar-refractivity contribution in [2.24, 2.45) is 5.92 Å². The number of urea groups is 1. The Morgan fingerprint density at radius 1 is 1.17 bits per heavy atom. The third-order valence-electron chi connectivity index (χ3n) is 5.50. The Morgan fingerprint density at radius 2 is 1.86 bits per heavy atom. The lowest BCUT2D eigenvalue weighted by Gasteiger charge is -2.48. The van der Waals surface area contributed by atoms with Gasteiger partial charge in [-0.1, -0.05) is 0 Å². The van der Waals surface area contributed by atoms with Crippen LogP contribution in [0.5, 0.6) is 0 Å². The first-order valence-electron chi connectivity index (χ1n) is 9.54. The van der Waals surface area contributed by atoms with Gasteiger partial charge in [-0.05, 0) is 26.0 Å². The third kappa shape index (κ3) is 4.04. The number of nitrogens with zero attached hydrogens (tertiary/aromatic N) is 4. The fourth-order valence-electron chi connectivity index (χ4n) is 4.04. The fourth-order valence-corrected chi connectivity index (χ4v) is 4.04. The first kappa shape index (κ1) is 21.0. The van der Waals surface area contributed by atoms with Gasteiger partial charge >= 0.3 is 6.03 Å². The molecule has 0 bridgehead atoms. The van der Waals surface area contributed by atoms with E-state index in [0.717, 1.165) is 12.1 Å². The number of benzene rings is 1. The molecule has 2 aliphatic rings. The van der Waals surface area contributed by atoms with Crippen molar-refractivity contribution < 1.29 is 23.2 Å². The molecule has 7 nitrogen and oxygen atoms in total. The summed E-state index contributed by atoms with van der Waals surface area (Å²) < 4.78 is 27.3. The van der Waals surface area contributed by atoms with Gasteiger partial charge in [0.2, 0.25) is 11.8 Å².